The van der Waals surface area contributed by atoms with Gasteiger partial charge >= 0.3 is 0 Å². The smallest absolute Gasteiger partial charge is 0.214 e. The number of rotatable bonds is 19. The number of hydrogen-bond acceptors (Lipinski definition) is 7. The first kappa shape index (κ1) is 32.6. The lowest BCUT2D eigenvalue weighted by atomic mass is 9.83. The number of hydrogen-bond donors (Lipinski definition) is 2. The molecule has 0 bridgehead atoms. The van der Waals surface area contributed by atoms with E-state index in [0.717, 1.165) is 24.8 Å². The third kappa shape index (κ3) is 10.9. The molecule has 0 saturated heterocycles. The van der Waals surface area contributed by atoms with E-state index in [2.05, 4.69) is 13.8 Å². The Labute approximate surface area is 219 Å². The second-order valence-electron chi connectivity index (χ2n) is 10.2. The number of benzene rings is 1. The van der Waals surface area contributed by atoms with Crippen LogP contribution in [0.1, 0.15) is 65.9 Å². The number of methoxy groups -OCH3 is 2. The number of aliphatic hydroxyl groups is 1. The zero-order valence-electron chi connectivity index (χ0n) is 23.4. The van der Waals surface area contributed by atoms with E-state index in [1.807, 2.05) is 39.0 Å². The zero-order chi connectivity index (χ0) is 27.3. The van der Waals surface area contributed by atoms with E-state index in [1.165, 1.54) is 4.31 Å². The standard InChI is InChI=1S/C27H50N2O6S/c1-8-9-15-36(31,32)29(21(4)5)19-25(30)24(28)18-23(20(2)3)16-22-11-12-26(34-7)27(17-22)35-14-10-13-33-6/h11-12,17,20-21,23-25,30H,8-10,13-16,18-19,28H2,1-7H3/t23-,24-,25+/m0/s1. The molecule has 1 aromatic rings. The van der Waals surface area contributed by atoms with Crippen molar-refractivity contribution in [2.24, 2.45) is 17.6 Å². The number of nitrogens with two attached hydrogens (primary N) is 1. The molecule has 3 N–H and O–H groups in total. The maximum atomic E-state index is 12.8. The first-order valence-corrected chi connectivity index (χ1v) is 14.8. The Morgan fingerprint density at radius 2 is 1.75 bits per heavy atom. The second kappa shape index (κ2) is 16.5. The zero-order valence-corrected chi connectivity index (χ0v) is 24.2. The predicted molar refractivity (Wildman–Crippen MR) is 146 cm³/mol. The van der Waals surface area contributed by atoms with Gasteiger partial charge in [0, 0.05) is 38.8 Å². The van der Waals surface area contributed by atoms with Crippen LogP contribution in [0.3, 0.4) is 0 Å². The highest BCUT2D eigenvalue weighted by Gasteiger charge is 2.30. The molecule has 0 fully saturated rings. The van der Waals surface area contributed by atoms with Crippen LogP contribution in [0.4, 0.5) is 0 Å². The Morgan fingerprint density at radius 3 is 2.31 bits per heavy atom. The molecule has 0 aromatic heterocycles. The lowest BCUT2D eigenvalue weighted by Gasteiger charge is -2.32. The van der Waals surface area contributed by atoms with E-state index < -0.39 is 22.2 Å². The lowest BCUT2D eigenvalue weighted by Crippen LogP contribution is -2.49. The van der Waals surface area contributed by atoms with Gasteiger partial charge in [-0.3, -0.25) is 0 Å². The lowest BCUT2D eigenvalue weighted by molar-refractivity contribution is 0.0981. The Morgan fingerprint density at radius 1 is 1.06 bits per heavy atom. The molecule has 9 heteroatoms. The van der Waals surface area contributed by atoms with Crippen molar-refractivity contribution in [2.75, 3.05) is 39.7 Å². The summed E-state index contributed by atoms with van der Waals surface area (Å²) >= 11 is 0. The number of sulfonamides is 1. The third-order valence-electron chi connectivity index (χ3n) is 6.54. The average molecular weight is 531 g/mol. The van der Waals surface area contributed by atoms with E-state index in [9.17, 15) is 13.5 Å². The fourth-order valence-corrected chi connectivity index (χ4v) is 6.07. The fourth-order valence-electron chi connectivity index (χ4n) is 4.16. The summed E-state index contributed by atoms with van der Waals surface area (Å²) in [5.74, 6) is 2.00. The van der Waals surface area contributed by atoms with Crippen molar-refractivity contribution in [3.63, 3.8) is 0 Å². The maximum Gasteiger partial charge on any atom is 0.214 e. The van der Waals surface area contributed by atoms with Crippen LogP contribution in [0.2, 0.25) is 0 Å². The highest BCUT2D eigenvalue weighted by Crippen LogP contribution is 2.31. The number of ether oxygens (including phenoxy) is 3. The highest BCUT2D eigenvalue weighted by molar-refractivity contribution is 7.89. The summed E-state index contributed by atoms with van der Waals surface area (Å²) in [6.07, 6.45) is 2.58. The second-order valence-corrected chi connectivity index (χ2v) is 12.2. The van der Waals surface area contributed by atoms with Crippen molar-refractivity contribution in [3.05, 3.63) is 23.8 Å². The molecule has 0 spiro atoms. The van der Waals surface area contributed by atoms with Crippen molar-refractivity contribution in [3.8, 4) is 11.5 Å². The molecule has 0 aliphatic heterocycles. The van der Waals surface area contributed by atoms with Crippen LogP contribution in [0, 0.1) is 11.8 Å². The number of aliphatic hydroxyl groups excluding tert-OH is 1. The largest absolute Gasteiger partial charge is 0.493 e. The highest BCUT2D eigenvalue weighted by atomic mass is 32.2. The summed E-state index contributed by atoms with van der Waals surface area (Å²) in [5.41, 5.74) is 7.54. The number of unbranched alkanes of at least 4 members (excludes halogenated alkanes) is 1. The van der Waals surface area contributed by atoms with Gasteiger partial charge in [0.25, 0.3) is 0 Å². The van der Waals surface area contributed by atoms with E-state index in [4.69, 9.17) is 19.9 Å². The molecule has 0 saturated carbocycles. The van der Waals surface area contributed by atoms with Crippen LogP contribution in [0.15, 0.2) is 18.2 Å². The molecule has 0 aliphatic rings. The Hall–Kier alpha value is -1.39. The average Bonchev–Trinajstić information content (AvgIpc) is 2.83. The van der Waals surface area contributed by atoms with Crippen LogP contribution >= 0.6 is 0 Å². The predicted octanol–water partition coefficient (Wildman–Crippen LogP) is 3.84. The molecular weight excluding hydrogens is 480 g/mol. The molecule has 0 unspecified atom stereocenters. The van der Waals surface area contributed by atoms with E-state index in [-0.39, 0.29) is 24.3 Å². The molecule has 0 heterocycles. The fraction of sp³-hybridized carbons (Fsp3) is 0.778. The summed E-state index contributed by atoms with van der Waals surface area (Å²) in [7, 11) is -0.155. The van der Waals surface area contributed by atoms with Crippen molar-refractivity contribution >= 4 is 10.0 Å². The first-order valence-electron chi connectivity index (χ1n) is 13.2. The quantitative estimate of drug-likeness (QED) is 0.261. The molecule has 1 rings (SSSR count). The summed E-state index contributed by atoms with van der Waals surface area (Å²) in [5, 5.41) is 10.9. The van der Waals surface area contributed by atoms with Gasteiger partial charge in [0.05, 0.1) is 25.6 Å². The summed E-state index contributed by atoms with van der Waals surface area (Å²) in [6.45, 7) is 11.1. The number of nitrogens with zero attached hydrogens (tertiary/aromatic N) is 1. The van der Waals surface area contributed by atoms with Crippen LogP contribution in [-0.2, 0) is 21.2 Å². The van der Waals surface area contributed by atoms with Crippen LogP contribution in [-0.4, -0.2) is 75.7 Å². The molecule has 3 atom stereocenters. The van der Waals surface area contributed by atoms with E-state index >= 15 is 0 Å². The van der Waals surface area contributed by atoms with Crippen molar-refractivity contribution in [2.45, 2.75) is 84.9 Å². The minimum atomic E-state index is -3.44. The normalized spacial score (nSPS) is 14.9. The van der Waals surface area contributed by atoms with Crippen LogP contribution < -0.4 is 15.2 Å². The van der Waals surface area contributed by atoms with Gasteiger partial charge in [-0.15, -0.1) is 0 Å². The maximum absolute atomic E-state index is 12.8. The van der Waals surface area contributed by atoms with Gasteiger partial charge in [-0.1, -0.05) is 33.3 Å². The van der Waals surface area contributed by atoms with Crippen molar-refractivity contribution < 1.29 is 27.7 Å². The minimum absolute atomic E-state index is 0.0116. The molecule has 36 heavy (non-hydrogen) atoms. The van der Waals surface area contributed by atoms with Gasteiger partial charge in [0.2, 0.25) is 10.0 Å². The minimum Gasteiger partial charge on any atom is -0.493 e. The summed E-state index contributed by atoms with van der Waals surface area (Å²) < 4.78 is 43.5. The molecule has 0 amide bonds. The molecule has 0 aliphatic carbocycles. The van der Waals surface area contributed by atoms with Crippen molar-refractivity contribution in [1.29, 1.82) is 0 Å². The van der Waals surface area contributed by atoms with Gasteiger partial charge < -0.3 is 25.1 Å². The van der Waals surface area contributed by atoms with Crippen molar-refractivity contribution in [1.82, 2.24) is 4.31 Å². The van der Waals surface area contributed by atoms with E-state index in [1.54, 1.807) is 14.2 Å². The summed E-state index contributed by atoms with van der Waals surface area (Å²) in [4.78, 5) is 0. The van der Waals surface area contributed by atoms with Gasteiger partial charge in [-0.05, 0) is 62.6 Å². The van der Waals surface area contributed by atoms with Crippen LogP contribution in [0.5, 0.6) is 11.5 Å². The topological polar surface area (TPSA) is 111 Å². The van der Waals surface area contributed by atoms with Gasteiger partial charge in [0.1, 0.15) is 0 Å². The third-order valence-corrected chi connectivity index (χ3v) is 8.63. The van der Waals surface area contributed by atoms with Crippen LogP contribution in [0.25, 0.3) is 0 Å². The van der Waals surface area contributed by atoms with Gasteiger partial charge in [-0.2, -0.15) is 4.31 Å². The van der Waals surface area contributed by atoms with Gasteiger partial charge in [0.15, 0.2) is 11.5 Å². The van der Waals surface area contributed by atoms with E-state index in [0.29, 0.717) is 43.5 Å². The summed E-state index contributed by atoms with van der Waals surface area (Å²) in [6, 6.07) is 5.16. The SMILES string of the molecule is CCCCS(=O)(=O)N(C[C@@H](O)[C@@H](N)C[C@H](Cc1ccc(OC)c(OCCCOC)c1)C(C)C)C(C)C. The monoisotopic (exact) mass is 530 g/mol. The Bertz CT molecular complexity index is 847. The first-order chi connectivity index (χ1) is 17.0. The Balaban J connectivity index is 2.91. The Kier molecular flexibility index (Phi) is 14.9. The molecule has 210 valence electrons. The van der Waals surface area contributed by atoms with Gasteiger partial charge in [-0.25, -0.2) is 8.42 Å². The molecule has 0 radical (unpaired) electrons. The molecular formula is C27H50N2O6S. The molecule has 8 nitrogen and oxygen atoms in total. The molecule has 1 aromatic carbocycles.